The Morgan fingerprint density at radius 3 is 2.42 bits per heavy atom. The summed E-state index contributed by atoms with van der Waals surface area (Å²) >= 11 is 2.69. The Morgan fingerprint density at radius 1 is 1.09 bits per heavy atom. The van der Waals surface area contributed by atoms with Crippen LogP contribution in [-0.2, 0) is 9.59 Å². The summed E-state index contributed by atoms with van der Waals surface area (Å²) in [5.41, 5.74) is 1.41. The van der Waals surface area contributed by atoms with Crippen molar-refractivity contribution in [3.8, 4) is 23.0 Å². The molecule has 11 heteroatoms. The highest BCUT2D eigenvalue weighted by Crippen LogP contribution is 2.27. The number of benzene rings is 2. The number of hydrogen-bond donors (Lipinski definition) is 1. The van der Waals surface area contributed by atoms with Gasteiger partial charge in [-0.25, -0.2) is 0 Å². The topological polar surface area (TPSA) is 107 Å². The van der Waals surface area contributed by atoms with Crippen molar-refractivity contribution in [2.45, 2.75) is 11.3 Å². The quantitative estimate of drug-likeness (QED) is 0.480. The van der Waals surface area contributed by atoms with Gasteiger partial charge in [-0.3, -0.25) is 9.59 Å². The molecule has 9 nitrogen and oxygen atoms in total. The van der Waals surface area contributed by atoms with Crippen LogP contribution < -0.4 is 14.8 Å². The van der Waals surface area contributed by atoms with E-state index in [2.05, 4.69) is 15.5 Å². The highest BCUT2D eigenvalue weighted by atomic mass is 32.2. The molecule has 1 N–H and O–H groups in total. The SMILES string of the molecule is COc1ccc(NC(=O)C2CSCN2C(=O)CSc2nnc(-c3ccc(OC)cc3)o2)cc1. The first-order valence-electron chi connectivity index (χ1n) is 10.00. The Labute approximate surface area is 199 Å². The largest absolute Gasteiger partial charge is 0.497 e. The Balaban J connectivity index is 1.32. The summed E-state index contributed by atoms with van der Waals surface area (Å²) in [7, 11) is 3.18. The minimum atomic E-state index is -0.539. The van der Waals surface area contributed by atoms with Gasteiger partial charge in [-0.1, -0.05) is 11.8 Å². The average Bonchev–Trinajstić information content (AvgIpc) is 3.53. The van der Waals surface area contributed by atoms with E-state index in [-0.39, 0.29) is 17.6 Å². The van der Waals surface area contributed by atoms with E-state index in [1.165, 1.54) is 0 Å². The van der Waals surface area contributed by atoms with Crippen LogP contribution in [0, 0.1) is 0 Å². The van der Waals surface area contributed by atoms with Gasteiger partial charge in [0.25, 0.3) is 5.22 Å². The minimum Gasteiger partial charge on any atom is -0.497 e. The lowest BCUT2D eigenvalue weighted by atomic mass is 10.2. The number of aromatic nitrogens is 2. The summed E-state index contributed by atoms with van der Waals surface area (Å²) in [6.07, 6.45) is 0. The van der Waals surface area contributed by atoms with Crippen molar-refractivity contribution in [1.29, 1.82) is 0 Å². The smallest absolute Gasteiger partial charge is 0.277 e. The van der Waals surface area contributed by atoms with Gasteiger partial charge in [0.05, 0.1) is 25.8 Å². The minimum absolute atomic E-state index is 0.0944. The number of ether oxygens (including phenoxy) is 2. The van der Waals surface area contributed by atoms with Crippen molar-refractivity contribution >= 4 is 41.0 Å². The fraction of sp³-hybridized carbons (Fsp3) is 0.273. The van der Waals surface area contributed by atoms with E-state index in [1.807, 2.05) is 12.1 Å². The van der Waals surface area contributed by atoms with Gasteiger partial charge in [-0.2, -0.15) is 0 Å². The molecule has 0 spiro atoms. The molecule has 0 bridgehead atoms. The highest BCUT2D eigenvalue weighted by molar-refractivity contribution is 8.00. The lowest BCUT2D eigenvalue weighted by molar-refractivity contribution is -0.134. The number of hydrogen-bond acceptors (Lipinski definition) is 9. The van der Waals surface area contributed by atoms with Gasteiger partial charge >= 0.3 is 0 Å². The number of carbonyl (C=O) groups is 2. The first-order chi connectivity index (χ1) is 16.1. The summed E-state index contributed by atoms with van der Waals surface area (Å²) in [6, 6.07) is 13.8. The van der Waals surface area contributed by atoms with Gasteiger partial charge in [-0.15, -0.1) is 22.0 Å². The molecule has 1 atom stereocenters. The molecule has 1 aliphatic heterocycles. The normalized spacial score (nSPS) is 15.3. The van der Waals surface area contributed by atoms with Gasteiger partial charge in [0.1, 0.15) is 17.5 Å². The number of anilines is 1. The highest BCUT2D eigenvalue weighted by Gasteiger charge is 2.34. The van der Waals surface area contributed by atoms with Crippen molar-refractivity contribution in [1.82, 2.24) is 15.1 Å². The molecule has 1 saturated heterocycles. The Bertz CT molecular complexity index is 1100. The molecule has 1 fully saturated rings. The molecule has 1 aromatic heterocycles. The van der Waals surface area contributed by atoms with E-state index in [1.54, 1.807) is 67.3 Å². The first-order valence-corrected chi connectivity index (χ1v) is 12.1. The zero-order chi connectivity index (χ0) is 23.2. The summed E-state index contributed by atoms with van der Waals surface area (Å²) < 4.78 is 15.9. The van der Waals surface area contributed by atoms with E-state index in [0.29, 0.717) is 34.2 Å². The molecule has 1 aliphatic rings. The van der Waals surface area contributed by atoms with Crippen LogP contribution >= 0.6 is 23.5 Å². The molecule has 2 aromatic carbocycles. The molecule has 3 aromatic rings. The molecule has 0 aliphatic carbocycles. The second-order valence-electron chi connectivity index (χ2n) is 6.99. The lowest BCUT2D eigenvalue weighted by Crippen LogP contribution is -2.45. The first kappa shape index (κ1) is 23.0. The Hall–Kier alpha value is -3.18. The van der Waals surface area contributed by atoms with Crippen LogP contribution in [0.15, 0.2) is 58.2 Å². The van der Waals surface area contributed by atoms with E-state index in [0.717, 1.165) is 23.1 Å². The van der Waals surface area contributed by atoms with Gasteiger partial charge in [0.15, 0.2) is 0 Å². The third-order valence-corrected chi connectivity index (χ3v) is 6.74. The molecule has 2 amide bonds. The fourth-order valence-electron chi connectivity index (χ4n) is 3.13. The summed E-state index contributed by atoms with van der Waals surface area (Å²) in [5, 5.41) is 11.2. The van der Waals surface area contributed by atoms with E-state index < -0.39 is 6.04 Å². The average molecular weight is 487 g/mol. The molecule has 1 unspecified atom stereocenters. The van der Waals surface area contributed by atoms with Crippen LogP contribution in [0.5, 0.6) is 11.5 Å². The van der Waals surface area contributed by atoms with Gasteiger partial charge in [-0.05, 0) is 48.5 Å². The van der Waals surface area contributed by atoms with E-state index >= 15 is 0 Å². The van der Waals surface area contributed by atoms with Crippen molar-refractivity contribution < 1.29 is 23.5 Å². The van der Waals surface area contributed by atoms with Crippen molar-refractivity contribution in [3.63, 3.8) is 0 Å². The third-order valence-electron chi connectivity index (χ3n) is 4.93. The lowest BCUT2D eigenvalue weighted by Gasteiger charge is -2.22. The molecule has 0 radical (unpaired) electrons. The Kier molecular flexibility index (Phi) is 7.40. The van der Waals surface area contributed by atoms with Crippen molar-refractivity contribution in [3.05, 3.63) is 48.5 Å². The second kappa shape index (κ2) is 10.6. The number of nitrogens with one attached hydrogen (secondary N) is 1. The second-order valence-corrected chi connectivity index (χ2v) is 8.91. The van der Waals surface area contributed by atoms with Gasteiger partial charge < -0.3 is 24.1 Å². The maximum Gasteiger partial charge on any atom is 0.277 e. The van der Waals surface area contributed by atoms with Crippen molar-refractivity contribution in [2.24, 2.45) is 0 Å². The van der Waals surface area contributed by atoms with Crippen LogP contribution in [0.2, 0.25) is 0 Å². The predicted octanol–water partition coefficient (Wildman–Crippen LogP) is 3.39. The number of rotatable bonds is 8. The Morgan fingerprint density at radius 2 is 1.76 bits per heavy atom. The number of methoxy groups -OCH3 is 2. The number of nitrogens with zero attached hydrogens (tertiary/aromatic N) is 3. The zero-order valence-corrected chi connectivity index (χ0v) is 19.6. The van der Waals surface area contributed by atoms with E-state index in [9.17, 15) is 9.59 Å². The molecular formula is C22H22N4O5S2. The monoisotopic (exact) mass is 486 g/mol. The zero-order valence-electron chi connectivity index (χ0n) is 18.0. The number of carbonyl (C=O) groups excluding carboxylic acids is 2. The molecule has 33 heavy (non-hydrogen) atoms. The van der Waals surface area contributed by atoms with Crippen LogP contribution in [0.1, 0.15) is 0 Å². The molecular weight excluding hydrogens is 464 g/mol. The molecule has 4 rings (SSSR count). The molecule has 2 heterocycles. The summed E-state index contributed by atoms with van der Waals surface area (Å²) in [4.78, 5) is 27.1. The summed E-state index contributed by atoms with van der Waals surface area (Å²) in [5.74, 6) is 2.51. The maximum atomic E-state index is 12.8. The van der Waals surface area contributed by atoms with Crippen LogP contribution in [0.4, 0.5) is 5.69 Å². The van der Waals surface area contributed by atoms with E-state index in [4.69, 9.17) is 13.9 Å². The van der Waals surface area contributed by atoms with Crippen LogP contribution in [0.3, 0.4) is 0 Å². The number of thioether (sulfide) groups is 2. The summed E-state index contributed by atoms with van der Waals surface area (Å²) in [6.45, 7) is 0. The predicted molar refractivity (Wildman–Crippen MR) is 127 cm³/mol. The third kappa shape index (κ3) is 5.60. The molecule has 172 valence electrons. The van der Waals surface area contributed by atoms with Crippen molar-refractivity contribution in [2.75, 3.05) is 36.9 Å². The van der Waals surface area contributed by atoms with Gasteiger partial charge in [0, 0.05) is 17.0 Å². The van der Waals surface area contributed by atoms with Crippen LogP contribution in [0.25, 0.3) is 11.5 Å². The number of amides is 2. The maximum absolute atomic E-state index is 12.8. The van der Waals surface area contributed by atoms with Crippen LogP contribution in [-0.4, -0.2) is 64.6 Å². The molecule has 0 saturated carbocycles. The standard InChI is InChI=1S/C22H22N4O5S2/c1-29-16-7-3-14(4-8-16)21-24-25-22(31-21)33-12-19(27)26-13-32-11-18(26)20(28)23-15-5-9-17(30-2)10-6-15/h3-10,18H,11-13H2,1-2H3,(H,23,28). The fourth-order valence-corrected chi connectivity index (χ4v) is 4.96. The van der Waals surface area contributed by atoms with Gasteiger partial charge in [0.2, 0.25) is 17.7 Å².